The minimum absolute atomic E-state index is 0.00448. The molecule has 0 saturated carbocycles. The molecule has 0 bridgehead atoms. The summed E-state index contributed by atoms with van der Waals surface area (Å²) in [7, 11) is 0. The number of H-pyrrole nitrogens is 1. The van der Waals surface area contributed by atoms with Crippen LogP contribution in [0, 0.1) is 23.3 Å². The molecule has 4 rings (SSSR count). The number of rotatable bonds is 6. The predicted molar refractivity (Wildman–Crippen MR) is 112 cm³/mol. The average molecular weight is 459 g/mol. The van der Waals surface area contributed by atoms with E-state index in [-0.39, 0.29) is 12.0 Å². The highest BCUT2D eigenvalue weighted by Crippen LogP contribution is 2.24. The number of nitrogens with zero attached hydrogens (tertiary/aromatic N) is 1. The molecule has 10 heteroatoms. The van der Waals surface area contributed by atoms with Crippen molar-refractivity contribution >= 4 is 16.8 Å². The van der Waals surface area contributed by atoms with E-state index in [0.29, 0.717) is 28.7 Å². The van der Waals surface area contributed by atoms with Crippen molar-refractivity contribution in [2.75, 3.05) is 0 Å². The molecule has 2 aromatic carbocycles. The van der Waals surface area contributed by atoms with E-state index in [1.54, 1.807) is 6.08 Å². The first-order valence-corrected chi connectivity index (χ1v) is 9.97. The van der Waals surface area contributed by atoms with Gasteiger partial charge in [-0.3, -0.25) is 9.59 Å². The van der Waals surface area contributed by atoms with Crippen molar-refractivity contribution in [1.29, 1.82) is 0 Å². The van der Waals surface area contributed by atoms with Gasteiger partial charge in [0, 0.05) is 30.5 Å². The summed E-state index contributed by atoms with van der Waals surface area (Å²) < 4.78 is 55.7. The first-order valence-electron chi connectivity index (χ1n) is 9.97. The van der Waals surface area contributed by atoms with Gasteiger partial charge >= 0.3 is 5.69 Å². The van der Waals surface area contributed by atoms with E-state index in [1.165, 1.54) is 13.0 Å². The van der Waals surface area contributed by atoms with Gasteiger partial charge in [-0.25, -0.2) is 26.9 Å². The third-order valence-electron chi connectivity index (χ3n) is 5.45. The van der Waals surface area contributed by atoms with Crippen LogP contribution < -0.4 is 16.6 Å². The second-order valence-corrected chi connectivity index (χ2v) is 7.69. The molecule has 33 heavy (non-hydrogen) atoms. The number of amides is 1. The van der Waals surface area contributed by atoms with Crippen LogP contribution in [0.3, 0.4) is 0 Å². The van der Waals surface area contributed by atoms with E-state index in [0.717, 1.165) is 12.1 Å². The SMILES string of the molecule is C[C@@H](NC(=O)[C@@H](CC1=C=CC1)n1c(=O)[nH]c2c(F)cc(F)cc2c1=O)c1ccc(F)cc1F. The lowest BCUT2D eigenvalue weighted by Gasteiger charge is -2.23. The van der Waals surface area contributed by atoms with Gasteiger partial charge in [-0.2, -0.15) is 0 Å². The smallest absolute Gasteiger partial charge is 0.329 e. The molecule has 3 aromatic rings. The van der Waals surface area contributed by atoms with Crippen LogP contribution in [0.15, 0.2) is 57.3 Å². The van der Waals surface area contributed by atoms with Gasteiger partial charge in [-0.1, -0.05) is 6.07 Å². The second kappa shape index (κ2) is 8.55. The molecule has 1 aliphatic rings. The molecule has 0 saturated heterocycles. The van der Waals surface area contributed by atoms with Crippen LogP contribution in [0.1, 0.15) is 37.4 Å². The Morgan fingerprint density at radius 1 is 1.12 bits per heavy atom. The van der Waals surface area contributed by atoms with Crippen molar-refractivity contribution < 1.29 is 22.4 Å². The summed E-state index contributed by atoms with van der Waals surface area (Å²) >= 11 is 0. The minimum Gasteiger partial charge on any atom is -0.348 e. The van der Waals surface area contributed by atoms with Crippen LogP contribution in [0.5, 0.6) is 0 Å². The van der Waals surface area contributed by atoms with Crippen molar-refractivity contribution in [3.05, 3.63) is 97.4 Å². The number of nitrogens with one attached hydrogen (secondary N) is 2. The summed E-state index contributed by atoms with van der Waals surface area (Å²) in [4.78, 5) is 41.0. The topological polar surface area (TPSA) is 84.0 Å². The number of aromatic amines is 1. The molecule has 0 radical (unpaired) electrons. The van der Waals surface area contributed by atoms with Crippen LogP contribution >= 0.6 is 0 Å². The maximum Gasteiger partial charge on any atom is 0.329 e. The molecule has 0 fully saturated rings. The molecule has 1 aliphatic carbocycles. The maximum absolute atomic E-state index is 14.1. The predicted octanol–water partition coefficient (Wildman–Crippen LogP) is 3.54. The molecular formula is C23H17F4N3O3. The minimum atomic E-state index is -1.40. The Labute approximate surface area is 183 Å². The van der Waals surface area contributed by atoms with Crippen LogP contribution in [0.4, 0.5) is 17.6 Å². The Kier molecular flexibility index (Phi) is 5.78. The van der Waals surface area contributed by atoms with Crippen molar-refractivity contribution in [3.63, 3.8) is 0 Å². The normalized spacial score (nSPS) is 14.5. The van der Waals surface area contributed by atoms with Gasteiger partial charge in [0.1, 0.15) is 23.5 Å². The molecule has 6 nitrogen and oxygen atoms in total. The van der Waals surface area contributed by atoms with Gasteiger partial charge < -0.3 is 10.3 Å². The molecule has 1 amide bonds. The first kappa shape index (κ1) is 22.3. The number of fused-ring (bicyclic) bond motifs is 1. The summed E-state index contributed by atoms with van der Waals surface area (Å²) in [5.74, 6) is -4.63. The molecule has 170 valence electrons. The highest BCUT2D eigenvalue weighted by molar-refractivity contribution is 5.82. The van der Waals surface area contributed by atoms with Crippen molar-refractivity contribution in [2.24, 2.45) is 0 Å². The van der Waals surface area contributed by atoms with Crippen LogP contribution in [0.25, 0.3) is 10.9 Å². The van der Waals surface area contributed by atoms with Gasteiger partial charge in [0.2, 0.25) is 5.91 Å². The van der Waals surface area contributed by atoms with Crippen molar-refractivity contribution in [1.82, 2.24) is 14.9 Å². The van der Waals surface area contributed by atoms with E-state index in [4.69, 9.17) is 0 Å². The molecule has 1 heterocycles. The fourth-order valence-corrected chi connectivity index (χ4v) is 3.70. The Bertz CT molecular complexity index is 1470. The second-order valence-electron chi connectivity index (χ2n) is 7.69. The van der Waals surface area contributed by atoms with Gasteiger partial charge in [0.15, 0.2) is 5.82 Å². The van der Waals surface area contributed by atoms with E-state index in [2.05, 4.69) is 16.0 Å². The lowest BCUT2D eigenvalue weighted by atomic mass is 9.97. The largest absolute Gasteiger partial charge is 0.348 e. The Hall–Kier alpha value is -3.91. The van der Waals surface area contributed by atoms with E-state index in [9.17, 15) is 31.9 Å². The van der Waals surface area contributed by atoms with Crippen LogP contribution in [-0.2, 0) is 4.79 Å². The average Bonchev–Trinajstić information content (AvgIpc) is 2.69. The van der Waals surface area contributed by atoms with Gasteiger partial charge in [0.05, 0.1) is 16.9 Å². The van der Waals surface area contributed by atoms with E-state index < -0.39 is 63.4 Å². The summed E-state index contributed by atoms with van der Waals surface area (Å²) in [6.45, 7) is 1.45. The number of carbonyl (C=O) groups is 1. The Balaban J connectivity index is 1.77. The summed E-state index contributed by atoms with van der Waals surface area (Å²) in [6.07, 6.45) is 2.10. The van der Waals surface area contributed by atoms with Gasteiger partial charge in [-0.05, 0) is 30.7 Å². The number of aromatic nitrogens is 2. The zero-order valence-corrected chi connectivity index (χ0v) is 17.2. The molecule has 0 unspecified atom stereocenters. The molecule has 2 N–H and O–H groups in total. The van der Waals surface area contributed by atoms with E-state index in [1.807, 2.05) is 0 Å². The first-order chi connectivity index (χ1) is 15.7. The zero-order valence-electron chi connectivity index (χ0n) is 17.2. The van der Waals surface area contributed by atoms with Crippen molar-refractivity contribution in [3.8, 4) is 0 Å². The lowest BCUT2D eigenvalue weighted by molar-refractivity contribution is -0.125. The fraction of sp³-hybridized carbons (Fsp3) is 0.217. The molecule has 0 spiro atoms. The van der Waals surface area contributed by atoms with Crippen LogP contribution in [-0.4, -0.2) is 15.5 Å². The number of hydrogen-bond acceptors (Lipinski definition) is 3. The highest BCUT2D eigenvalue weighted by Gasteiger charge is 2.29. The lowest BCUT2D eigenvalue weighted by Crippen LogP contribution is -2.45. The van der Waals surface area contributed by atoms with Gasteiger partial charge in [-0.15, -0.1) is 5.73 Å². The number of halogens is 4. The molecule has 2 atom stereocenters. The standard InChI is InChI=1S/C23H17F4N3O3/c1-11(15-6-5-13(24)9-17(15)26)28-21(31)19(7-12-3-2-4-12)30-22(32)16-8-14(25)10-18(27)20(16)29-23(30)33/h2,5-6,8-11,19H,3,7H2,1H3,(H,28,31)(H,29,33)/t11-,19-/m1/s1. The number of allylic oxidation sites excluding steroid dienone is 1. The van der Waals surface area contributed by atoms with E-state index >= 15 is 0 Å². The van der Waals surface area contributed by atoms with Crippen molar-refractivity contribution in [2.45, 2.75) is 31.8 Å². The molecule has 1 aromatic heterocycles. The monoisotopic (exact) mass is 459 g/mol. The summed E-state index contributed by atoms with van der Waals surface area (Å²) in [6, 6.07) is 1.82. The Morgan fingerprint density at radius 2 is 1.82 bits per heavy atom. The third-order valence-corrected chi connectivity index (χ3v) is 5.45. The number of carbonyl (C=O) groups excluding carboxylic acids is 1. The zero-order chi connectivity index (χ0) is 23.9. The maximum atomic E-state index is 14.1. The fourth-order valence-electron chi connectivity index (χ4n) is 3.70. The summed E-state index contributed by atoms with van der Waals surface area (Å²) in [5.41, 5.74) is 0.893. The molecule has 0 aliphatic heterocycles. The Morgan fingerprint density at radius 3 is 2.45 bits per heavy atom. The highest BCUT2D eigenvalue weighted by atomic mass is 19.1. The number of hydrogen-bond donors (Lipinski definition) is 2. The number of benzene rings is 2. The quantitative estimate of drug-likeness (QED) is 0.437. The van der Waals surface area contributed by atoms with Gasteiger partial charge in [0.25, 0.3) is 5.56 Å². The third kappa shape index (κ3) is 4.25. The summed E-state index contributed by atoms with van der Waals surface area (Å²) in [5, 5.41) is 2.08. The molecular weight excluding hydrogens is 442 g/mol. The van der Waals surface area contributed by atoms with Crippen LogP contribution in [0.2, 0.25) is 0 Å².